The van der Waals surface area contributed by atoms with Gasteiger partial charge < -0.3 is 10.6 Å². The van der Waals surface area contributed by atoms with Gasteiger partial charge >= 0.3 is 0 Å². The molecule has 1 amide bonds. The summed E-state index contributed by atoms with van der Waals surface area (Å²) < 4.78 is 0. The van der Waals surface area contributed by atoms with E-state index in [1.165, 1.54) is 0 Å². The molecule has 0 fully saturated rings. The largest absolute Gasteiger partial charge is 0.336 e. The van der Waals surface area contributed by atoms with E-state index in [-0.39, 0.29) is 30.4 Å². The molecule has 0 spiro atoms. The monoisotopic (exact) mass is 318 g/mol. The number of nitrogens with two attached hydrogens (primary N) is 1. The number of amides is 1. The first-order valence-corrected chi connectivity index (χ1v) is 7.07. The molecule has 0 aromatic heterocycles. The van der Waals surface area contributed by atoms with Crippen molar-refractivity contribution in [1.82, 2.24) is 4.90 Å². The van der Waals surface area contributed by atoms with Crippen molar-refractivity contribution >= 4 is 29.9 Å². The normalized spacial score (nSPS) is 11.9. The van der Waals surface area contributed by atoms with E-state index in [9.17, 15) is 4.79 Å². The summed E-state index contributed by atoms with van der Waals surface area (Å²) >= 11 is 5.97. The molecule has 0 saturated heterocycles. The Morgan fingerprint density at radius 2 is 2.00 bits per heavy atom. The number of halogens is 2. The standard InChI is InChI=1S/C15H23ClN2O.ClH/c1-11(2)18(15(19)8-7-12(3)17)10-13-5-4-6-14(16)9-13;/h4-6,9,11-12H,7-8,10,17H2,1-3H3;1H. The van der Waals surface area contributed by atoms with Crippen LogP contribution in [0.4, 0.5) is 0 Å². The molecule has 0 aliphatic heterocycles. The number of hydrogen-bond donors (Lipinski definition) is 1. The molecule has 20 heavy (non-hydrogen) atoms. The molecule has 3 nitrogen and oxygen atoms in total. The van der Waals surface area contributed by atoms with Gasteiger partial charge in [-0.25, -0.2) is 0 Å². The zero-order chi connectivity index (χ0) is 14.4. The number of hydrogen-bond acceptors (Lipinski definition) is 2. The molecule has 1 rings (SSSR count). The molecule has 1 atom stereocenters. The third kappa shape index (κ3) is 6.60. The molecule has 0 radical (unpaired) electrons. The van der Waals surface area contributed by atoms with Gasteiger partial charge in [-0.05, 0) is 44.9 Å². The number of carbonyl (C=O) groups is 1. The first kappa shape index (κ1) is 19.2. The molecule has 5 heteroatoms. The molecule has 0 aliphatic carbocycles. The van der Waals surface area contributed by atoms with Crippen molar-refractivity contribution in [2.75, 3.05) is 0 Å². The third-order valence-corrected chi connectivity index (χ3v) is 3.23. The summed E-state index contributed by atoms with van der Waals surface area (Å²) in [6.07, 6.45) is 1.22. The second-order valence-electron chi connectivity index (χ2n) is 5.26. The average Bonchev–Trinajstić information content (AvgIpc) is 2.32. The number of rotatable bonds is 6. The van der Waals surface area contributed by atoms with Crippen LogP contribution in [0.2, 0.25) is 5.02 Å². The van der Waals surface area contributed by atoms with Gasteiger partial charge in [-0.1, -0.05) is 23.7 Å². The second-order valence-corrected chi connectivity index (χ2v) is 5.70. The second kappa shape index (κ2) is 9.22. The zero-order valence-electron chi connectivity index (χ0n) is 12.3. The molecule has 0 aliphatic rings. The lowest BCUT2D eigenvalue weighted by Gasteiger charge is -2.27. The summed E-state index contributed by atoms with van der Waals surface area (Å²) in [5.74, 6) is 0.146. The van der Waals surface area contributed by atoms with Crippen molar-refractivity contribution in [2.45, 2.75) is 52.2 Å². The van der Waals surface area contributed by atoms with E-state index in [1.807, 2.05) is 49.9 Å². The Kier molecular flexibility index (Phi) is 8.86. The quantitative estimate of drug-likeness (QED) is 0.870. The van der Waals surface area contributed by atoms with Crippen LogP contribution in [-0.4, -0.2) is 22.9 Å². The lowest BCUT2D eigenvalue weighted by molar-refractivity contribution is -0.133. The van der Waals surface area contributed by atoms with Gasteiger partial charge in [0.25, 0.3) is 0 Å². The maximum atomic E-state index is 12.2. The highest BCUT2D eigenvalue weighted by molar-refractivity contribution is 6.30. The lowest BCUT2D eigenvalue weighted by atomic mass is 10.1. The van der Waals surface area contributed by atoms with Gasteiger partial charge in [-0.2, -0.15) is 0 Å². The van der Waals surface area contributed by atoms with Crippen LogP contribution in [0.25, 0.3) is 0 Å². The van der Waals surface area contributed by atoms with Gasteiger partial charge in [0.2, 0.25) is 5.91 Å². The predicted octanol–water partition coefficient (Wildman–Crippen LogP) is 3.63. The van der Waals surface area contributed by atoms with Crippen LogP contribution in [0.3, 0.4) is 0 Å². The predicted molar refractivity (Wildman–Crippen MR) is 87.3 cm³/mol. The fourth-order valence-corrected chi connectivity index (χ4v) is 2.10. The first-order valence-electron chi connectivity index (χ1n) is 6.69. The molecule has 1 aromatic rings. The Hall–Kier alpha value is -0.770. The number of nitrogens with zero attached hydrogens (tertiary/aromatic N) is 1. The third-order valence-electron chi connectivity index (χ3n) is 3.00. The lowest BCUT2D eigenvalue weighted by Crippen LogP contribution is -2.37. The molecular weight excluding hydrogens is 295 g/mol. The summed E-state index contributed by atoms with van der Waals surface area (Å²) in [5, 5.41) is 0.698. The first-order chi connectivity index (χ1) is 8.90. The summed E-state index contributed by atoms with van der Waals surface area (Å²) in [7, 11) is 0. The highest BCUT2D eigenvalue weighted by atomic mass is 35.5. The van der Waals surface area contributed by atoms with Gasteiger partial charge in [0, 0.05) is 30.1 Å². The van der Waals surface area contributed by atoms with Crippen molar-refractivity contribution < 1.29 is 4.79 Å². The molecule has 0 bridgehead atoms. The SMILES string of the molecule is CC(N)CCC(=O)N(Cc1cccc(Cl)c1)C(C)C.Cl. The minimum Gasteiger partial charge on any atom is -0.336 e. The molecule has 1 unspecified atom stereocenters. The maximum Gasteiger partial charge on any atom is 0.223 e. The van der Waals surface area contributed by atoms with Crippen LogP contribution in [0.15, 0.2) is 24.3 Å². The van der Waals surface area contributed by atoms with Crippen molar-refractivity contribution in [2.24, 2.45) is 5.73 Å². The van der Waals surface area contributed by atoms with Gasteiger partial charge in [-0.15, -0.1) is 12.4 Å². The van der Waals surface area contributed by atoms with E-state index in [2.05, 4.69) is 0 Å². The van der Waals surface area contributed by atoms with Crippen molar-refractivity contribution in [3.8, 4) is 0 Å². The Morgan fingerprint density at radius 1 is 1.35 bits per heavy atom. The van der Waals surface area contributed by atoms with Crippen LogP contribution < -0.4 is 5.73 Å². The molecule has 2 N–H and O–H groups in total. The fraction of sp³-hybridized carbons (Fsp3) is 0.533. The van der Waals surface area contributed by atoms with Crippen molar-refractivity contribution in [1.29, 1.82) is 0 Å². The van der Waals surface area contributed by atoms with E-state index < -0.39 is 0 Å². The van der Waals surface area contributed by atoms with Crippen LogP contribution in [0, 0.1) is 0 Å². The highest BCUT2D eigenvalue weighted by Crippen LogP contribution is 2.15. The molecular formula is C15H24Cl2N2O. The van der Waals surface area contributed by atoms with Crippen LogP contribution in [-0.2, 0) is 11.3 Å². The summed E-state index contributed by atoms with van der Waals surface area (Å²) in [5.41, 5.74) is 6.75. The van der Waals surface area contributed by atoms with Gasteiger partial charge in [-0.3, -0.25) is 4.79 Å². The van der Waals surface area contributed by atoms with Gasteiger partial charge in [0.05, 0.1) is 0 Å². The Balaban J connectivity index is 0.00000361. The molecule has 114 valence electrons. The van der Waals surface area contributed by atoms with Crippen molar-refractivity contribution in [3.63, 3.8) is 0 Å². The van der Waals surface area contributed by atoms with E-state index >= 15 is 0 Å². The summed E-state index contributed by atoms with van der Waals surface area (Å²) in [4.78, 5) is 14.1. The van der Waals surface area contributed by atoms with Gasteiger partial charge in [0.1, 0.15) is 0 Å². The van der Waals surface area contributed by atoms with E-state index in [1.54, 1.807) is 0 Å². The smallest absolute Gasteiger partial charge is 0.223 e. The van der Waals surface area contributed by atoms with E-state index in [0.29, 0.717) is 18.0 Å². The molecule has 0 saturated carbocycles. The Labute approximate surface area is 132 Å². The number of carbonyl (C=O) groups excluding carboxylic acids is 1. The zero-order valence-corrected chi connectivity index (χ0v) is 13.9. The van der Waals surface area contributed by atoms with Gasteiger partial charge in [0.15, 0.2) is 0 Å². The summed E-state index contributed by atoms with van der Waals surface area (Å²) in [6.45, 7) is 6.56. The maximum absolute atomic E-state index is 12.2. The Bertz CT molecular complexity index is 422. The minimum absolute atomic E-state index is 0. The average molecular weight is 319 g/mol. The van der Waals surface area contributed by atoms with E-state index in [4.69, 9.17) is 17.3 Å². The molecule has 1 aromatic carbocycles. The fourth-order valence-electron chi connectivity index (χ4n) is 1.89. The van der Waals surface area contributed by atoms with Crippen LogP contribution >= 0.6 is 24.0 Å². The van der Waals surface area contributed by atoms with Crippen LogP contribution in [0.5, 0.6) is 0 Å². The minimum atomic E-state index is 0. The summed E-state index contributed by atoms with van der Waals surface area (Å²) in [6, 6.07) is 7.85. The Morgan fingerprint density at radius 3 is 2.50 bits per heavy atom. The van der Waals surface area contributed by atoms with Crippen molar-refractivity contribution in [3.05, 3.63) is 34.9 Å². The number of benzene rings is 1. The van der Waals surface area contributed by atoms with E-state index in [0.717, 1.165) is 12.0 Å². The topological polar surface area (TPSA) is 46.3 Å². The molecule has 0 heterocycles. The highest BCUT2D eigenvalue weighted by Gasteiger charge is 2.17. The van der Waals surface area contributed by atoms with Crippen LogP contribution in [0.1, 0.15) is 39.2 Å².